The molecule has 1 unspecified atom stereocenters. The number of aliphatic hydroxyl groups is 1. The quantitative estimate of drug-likeness (QED) is 0.391. The Morgan fingerprint density at radius 3 is 2.38 bits per heavy atom. The van der Waals surface area contributed by atoms with Crippen molar-refractivity contribution in [3.05, 3.63) is 33.8 Å². The minimum atomic E-state index is -3.79. The summed E-state index contributed by atoms with van der Waals surface area (Å²) in [6.45, 7) is 4.52. The van der Waals surface area contributed by atoms with E-state index in [4.69, 9.17) is 32.7 Å². The third-order valence-electron chi connectivity index (χ3n) is 3.11. The first-order chi connectivity index (χ1) is 11.3. The maximum atomic E-state index is 12.3. The van der Waals surface area contributed by atoms with Crippen molar-refractivity contribution < 1.29 is 24.0 Å². The summed E-state index contributed by atoms with van der Waals surface area (Å²) in [5.74, 6) is 0. The van der Waals surface area contributed by atoms with Gasteiger partial charge in [0, 0.05) is 26.3 Å². The molecule has 0 aliphatic carbocycles. The molecule has 1 aromatic carbocycles. The molecule has 0 aliphatic heterocycles. The summed E-state index contributed by atoms with van der Waals surface area (Å²) in [4.78, 5) is 10.1. The SMILES string of the molecule is CCOC(OCC)P(=O)(O)C[C@H](O)CNCc1ccc(Cl)c(Cl)c1. The molecule has 0 spiro atoms. The molecule has 0 fully saturated rings. The van der Waals surface area contributed by atoms with Crippen molar-refractivity contribution in [2.24, 2.45) is 0 Å². The number of benzene rings is 1. The molecule has 0 radical (unpaired) electrons. The van der Waals surface area contributed by atoms with Crippen LogP contribution in [0.2, 0.25) is 10.0 Å². The van der Waals surface area contributed by atoms with E-state index in [1.165, 1.54) is 0 Å². The third-order valence-corrected chi connectivity index (χ3v) is 5.75. The standard InChI is InChI=1S/C15H24Cl2NO5P/c1-3-22-15(23-4-2)24(20,21)10-12(19)9-18-8-11-5-6-13(16)14(17)7-11/h5-7,12,15,18-19H,3-4,8-10H2,1-2H3,(H,20,21)/t12-/m1/s1. The molecule has 2 atom stereocenters. The number of halogens is 2. The van der Waals surface area contributed by atoms with Crippen LogP contribution < -0.4 is 5.32 Å². The molecule has 0 aromatic heterocycles. The van der Waals surface area contributed by atoms with E-state index in [2.05, 4.69) is 5.32 Å². The molecule has 1 aromatic rings. The van der Waals surface area contributed by atoms with Crippen molar-refractivity contribution in [3.63, 3.8) is 0 Å². The van der Waals surface area contributed by atoms with Crippen molar-refractivity contribution in [3.8, 4) is 0 Å². The molecule has 1 rings (SSSR count). The normalized spacial score (nSPS) is 15.5. The van der Waals surface area contributed by atoms with Crippen molar-refractivity contribution >= 4 is 30.6 Å². The van der Waals surface area contributed by atoms with E-state index in [0.717, 1.165) is 5.56 Å². The Morgan fingerprint density at radius 2 is 1.83 bits per heavy atom. The lowest BCUT2D eigenvalue weighted by Crippen LogP contribution is -2.31. The Hall–Kier alpha value is -0.170. The van der Waals surface area contributed by atoms with Crippen molar-refractivity contribution in [2.45, 2.75) is 32.5 Å². The van der Waals surface area contributed by atoms with Gasteiger partial charge in [0.25, 0.3) is 7.37 Å². The highest BCUT2D eigenvalue weighted by atomic mass is 35.5. The number of hydrogen-bond donors (Lipinski definition) is 3. The highest BCUT2D eigenvalue weighted by Crippen LogP contribution is 2.47. The van der Waals surface area contributed by atoms with E-state index in [1.807, 2.05) is 6.07 Å². The van der Waals surface area contributed by atoms with Gasteiger partial charge in [-0.25, -0.2) is 0 Å². The lowest BCUT2D eigenvalue weighted by atomic mass is 10.2. The molecule has 0 aliphatic rings. The van der Waals surface area contributed by atoms with Gasteiger partial charge in [0.1, 0.15) is 0 Å². The molecule has 9 heteroatoms. The molecule has 0 saturated heterocycles. The van der Waals surface area contributed by atoms with Crippen LogP contribution in [0.25, 0.3) is 0 Å². The van der Waals surface area contributed by atoms with Crippen LogP contribution >= 0.6 is 30.6 Å². The van der Waals surface area contributed by atoms with Gasteiger partial charge in [-0.2, -0.15) is 0 Å². The van der Waals surface area contributed by atoms with Crippen LogP contribution in [0.4, 0.5) is 0 Å². The van der Waals surface area contributed by atoms with Gasteiger partial charge in [-0.1, -0.05) is 29.3 Å². The molecule has 6 nitrogen and oxygen atoms in total. The smallest absolute Gasteiger partial charge is 0.257 e. The first kappa shape index (κ1) is 21.9. The second-order valence-electron chi connectivity index (χ2n) is 5.19. The summed E-state index contributed by atoms with van der Waals surface area (Å²) in [6, 6.07) is 4.01. The summed E-state index contributed by atoms with van der Waals surface area (Å²) >= 11 is 11.8. The summed E-state index contributed by atoms with van der Waals surface area (Å²) in [5, 5.41) is 13.9. The molecule has 0 amide bonds. The summed E-state index contributed by atoms with van der Waals surface area (Å²) in [6.07, 6.45) is -1.32. The average molecular weight is 400 g/mol. The van der Waals surface area contributed by atoms with Gasteiger partial charge < -0.3 is 24.8 Å². The van der Waals surface area contributed by atoms with E-state index < -0.39 is 19.5 Å². The minimum absolute atomic E-state index is 0.149. The second-order valence-corrected chi connectivity index (χ2v) is 8.30. The highest BCUT2D eigenvalue weighted by molar-refractivity contribution is 7.58. The molecule has 24 heavy (non-hydrogen) atoms. The molecular formula is C15H24Cl2NO5P. The van der Waals surface area contributed by atoms with E-state index in [1.54, 1.807) is 26.0 Å². The zero-order valence-corrected chi connectivity index (χ0v) is 16.2. The minimum Gasteiger partial charge on any atom is -0.391 e. The van der Waals surface area contributed by atoms with Gasteiger partial charge in [-0.3, -0.25) is 4.57 Å². The number of hydrogen-bond acceptors (Lipinski definition) is 5. The van der Waals surface area contributed by atoms with Gasteiger partial charge >= 0.3 is 0 Å². The maximum absolute atomic E-state index is 12.3. The number of nitrogens with one attached hydrogen (secondary N) is 1. The predicted molar refractivity (Wildman–Crippen MR) is 95.9 cm³/mol. The Bertz CT molecular complexity index is 555. The Kier molecular flexibility index (Phi) is 9.79. The largest absolute Gasteiger partial charge is 0.391 e. The molecule has 0 saturated carbocycles. The molecule has 0 heterocycles. The highest BCUT2D eigenvalue weighted by Gasteiger charge is 2.34. The Labute approximate surface area is 152 Å². The molecular weight excluding hydrogens is 376 g/mol. The lowest BCUT2D eigenvalue weighted by Gasteiger charge is -2.24. The van der Waals surface area contributed by atoms with E-state index in [-0.39, 0.29) is 25.9 Å². The molecule has 138 valence electrons. The number of rotatable bonds is 11. The topological polar surface area (TPSA) is 88.0 Å². The fourth-order valence-electron chi connectivity index (χ4n) is 2.05. The summed E-state index contributed by atoms with van der Waals surface area (Å²) in [7, 11) is -3.79. The monoisotopic (exact) mass is 399 g/mol. The summed E-state index contributed by atoms with van der Waals surface area (Å²) < 4.78 is 22.6. The zero-order valence-electron chi connectivity index (χ0n) is 13.7. The summed E-state index contributed by atoms with van der Waals surface area (Å²) in [5.41, 5.74) is 0.894. The van der Waals surface area contributed by atoms with Crippen LogP contribution in [0.5, 0.6) is 0 Å². The van der Waals surface area contributed by atoms with Gasteiger partial charge in [-0.15, -0.1) is 0 Å². The fourth-order valence-corrected chi connectivity index (χ4v) is 4.04. The second kappa shape index (κ2) is 10.7. The van der Waals surface area contributed by atoms with Crippen molar-refractivity contribution in [2.75, 3.05) is 25.9 Å². The van der Waals surface area contributed by atoms with E-state index in [0.29, 0.717) is 16.6 Å². The molecule has 0 bridgehead atoms. The van der Waals surface area contributed by atoms with Crippen molar-refractivity contribution in [1.29, 1.82) is 0 Å². The van der Waals surface area contributed by atoms with Gasteiger partial charge in [-0.05, 0) is 31.5 Å². The van der Waals surface area contributed by atoms with Crippen molar-refractivity contribution in [1.82, 2.24) is 5.32 Å². The lowest BCUT2D eigenvalue weighted by molar-refractivity contribution is -0.0876. The van der Waals surface area contributed by atoms with Gasteiger partial charge in [0.05, 0.1) is 22.3 Å². The van der Waals surface area contributed by atoms with E-state index >= 15 is 0 Å². The Morgan fingerprint density at radius 1 is 1.21 bits per heavy atom. The zero-order chi connectivity index (χ0) is 18.2. The number of aliphatic hydroxyl groups excluding tert-OH is 1. The van der Waals surface area contributed by atoms with Crippen LogP contribution in [-0.4, -0.2) is 48.1 Å². The van der Waals surface area contributed by atoms with Crippen LogP contribution in [0.1, 0.15) is 19.4 Å². The van der Waals surface area contributed by atoms with Gasteiger partial charge in [0.2, 0.25) is 6.03 Å². The predicted octanol–water partition coefficient (Wildman–Crippen LogP) is 3.07. The van der Waals surface area contributed by atoms with Crippen LogP contribution in [0.15, 0.2) is 18.2 Å². The average Bonchev–Trinajstić information content (AvgIpc) is 2.50. The Balaban J connectivity index is 2.47. The number of ether oxygens (including phenoxy) is 2. The maximum Gasteiger partial charge on any atom is 0.257 e. The van der Waals surface area contributed by atoms with Crippen LogP contribution in [0, 0.1) is 0 Å². The fraction of sp³-hybridized carbons (Fsp3) is 0.600. The first-order valence-electron chi connectivity index (χ1n) is 7.67. The van der Waals surface area contributed by atoms with Crippen LogP contribution in [-0.2, 0) is 20.6 Å². The third kappa shape index (κ3) is 7.38. The van der Waals surface area contributed by atoms with Crippen LogP contribution in [0.3, 0.4) is 0 Å². The first-order valence-corrected chi connectivity index (χ1v) is 10.3. The van der Waals surface area contributed by atoms with E-state index in [9.17, 15) is 14.6 Å². The van der Waals surface area contributed by atoms with Gasteiger partial charge in [0.15, 0.2) is 0 Å². The molecule has 3 N–H and O–H groups in total.